The van der Waals surface area contributed by atoms with Crippen LogP contribution in [0.2, 0.25) is 0 Å². The summed E-state index contributed by atoms with van der Waals surface area (Å²) in [6, 6.07) is -8.74. The molecule has 2 heterocycles. The van der Waals surface area contributed by atoms with E-state index in [1.807, 2.05) is 0 Å². The number of aromatic hydroxyl groups is 1. The zero-order chi connectivity index (χ0) is 65.2. The Labute approximate surface area is 504 Å². The van der Waals surface area contributed by atoms with E-state index in [9.17, 15) is 82.8 Å². The maximum absolute atomic E-state index is 14.4. The van der Waals surface area contributed by atoms with Crippen molar-refractivity contribution in [3.05, 3.63) is 48.0 Å². The smallest absolute Gasteiger partial charge is 0.326 e. The molecule has 0 unspecified atom stereocenters. The average molecular weight is 1230 g/mol. The third-order valence-corrected chi connectivity index (χ3v) is 13.9. The lowest BCUT2D eigenvalue weighted by molar-refractivity contribution is -0.143. The molecule has 0 aliphatic carbocycles. The molecule has 17 N–H and O–H groups in total. The number of carboxylic acids is 3. The number of carbonyl (C=O) groups is 13. The maximum atomic E-state index is 14.4. The van der Waals surface area contributed by atoms with E-state index in [1.54, 1.807) is 41.5 Å². The standard InChI is InChI=1S/C57H87N13O17/c1-28(2)20-38(50(79)63-37(57(86)87)15-17-44(58)72)64-52(81)41(23-32-11-13-34(71)14-12-32)67-54(83)43(25-46(75)76)69-56(85)47(31(7)8)70-55(84)40(22-30(5)6)66-51(80)39(21-29(3)4)65-53(82)42(24-33-26-59-27-61-33)68-49(78)36(16-18-45(73)74)62-48(77)35-10-9-19-60-35/h11-14,26-31,35-43,47,60,71H,9-10,15-25H2,1-8H3,(H2,58,72)(H,59,61)(H,62,77)(H,63,79)(H,64,81)(H,65,82)(H,66,80)(H,67,83)(H,68,78)(H,69,85)(H,70,84)(H,73,74)(H,75,76)(H,86,87)/t35-,36-,37-,38-,39-,40-,41-,42-,43-,47-/m0/s1. The van der Waals surface area contributed by atoms with Gasteiger partial charge in [-0.3, -0.25) is 57.5 Å². The number of aliphatic carboxylic acids is 3. The summed E-state index contributed by atoms with van der Waals surface area (Å²) in [6.45, 7) is 14.1. The van der Waals surface area contributed by atoms with Crippen LogP contribution in [0.4, 0.5) is 0 Å². The van der Waals surface area contributed by atoms with Crippen LogP contribution in [0, 0.1) is 23.7 Å². The predicted molar refractivity (Wildman–Crippen MR) is 311 cm³/mol. The molecule has 1 aromatic heterocycles. The molecule has 0 spiro atoms. The first kappa shape index (κ1) is 72.6. The highest BCUT2D eigenvalue weighted by Crippen LogP contribution is 2.16. The first-order chi connectivity index (χ1) is 40.8. The number of H-pyrrole nitrogens is 1. The predicted octanol–water partition coefficient (Wildman–Crippen LogP) is -1.50. The number of aromatic amines is 1. The molecule has 3 rings (SSSR count). The van der Waals surface area contributed by atoms with Crippen LogP contribution in [0.25, 0.3) is 0 Å². The number of benzene rings is 1. The summed E-state index contributed by atoms with van der Waals surface area (Å²) in [6.07, 6.45) is 0.734. The second-order valence-corrected chi connectivity index (χ2v) is 23.3. The Morgan fingerprint density at radius 3 is 1.43 bits per heavy atom. The number of nitrogens with zero attached hydrogens (tertiary/aromatic N) is 1. The normalized spacial score (nSPS) is 16.1. The van der Waals surface area contributed by atoms with Gasteiger partial charge < -0.3 is 84.3 Å². The largest absolute Gasteiger partial charge is 0.508 e. The van der Waals surface area contributed by atoms with Gasteiger partial charge in [0.25, 0.3) is 0 Å². The van der Waals surface area contributed by atoms with E-state index in [-0.39, 0.29) is 74.9 Å². The van der Waals surface area contributed by atoms with Crippen molar-refractivity contribution in [3.8, 4) is 5.75 Å². The van der Waals surface area contributed by atoms with E-state index >= 15 is 0 Å². The number of phenols is 1. The molecule has 10 amide bonds. The number of carbonyl (C=O) groups excluding carboxylic acids is 10. The van der Waals surface area contributed by atoms with Gasteiger partial charge >= 0.3 is 17.9 Å². The van der Waals surface area contributed by atoms with Crippen molar-refractivity contribution in [3.63, 3.8) is 0 Å². The number of primary amides is 1. The molecule has 1 saturated heterocycles. The van der Waals surface area contributed by atoms with Gasteiger partial charge in [0.15, 0.2) is 0 Å². The second kappa shape index (κ2) is 35.7. The second-order valence-electron chi connectivity index (χ2n) is 23.3. The number of aromatic nitrogens is 2. The summed E-state index contributed by atoms with van der Waals surface area (Å²) < 4.78 is 0. The molecule has 0 bridgehead atoms. The van der Waals surface area contributed by atoms with Crippen LogP contribution < -0.4 is 58.9 Å². The van der Waals surface area contributed by atoms with Gasteiger partial charge in [-0.05, 0) is 92.9 Å². The lowest BCUT2D eigenvalue weighted by Crippen LogP contribution is -2.61. The Bertz CT molecular complexity index is 2700. The number of imidazole rings is 1. The Hall–Kier alpha value is -8.70. The first-order valence-corrected chi connectivity index (χ1v) is 29.0. The van der Waals surface area contributed by atoms with Gasteiger partial charge in [0.2, 0.25) is 59.1 Å². The van der Waals surface area contributed by atoms with E-state index in [0.29, 0.717) is 30.6 Å². The Balaban J connectivity index is 1.90. The maximum Gasteiger partial charge on any atom is 0.326 e. The Morgan fingerprint density at radius 2 is 0.989 bits per heavy atom. The molecule has 0 saturated carbocycles. The van der Waals surface area contributed by atoms with Gasteiger partial charge in [-0.15, -0.1) is 0 Å². The van der Waals surface area contributed by atoms with E-state index < -0.39 is 156 Å². The molecule has 1 fully saturated rings. The molecule has 30 nitrogen and oxygen atoms in total. The fraction of sp³-hybridized carbons (Fsp3) is 0.614. The number of amides is 10. The third-order valence-electron chi connectivity index (χ3n) is 13.9. The molecule has 1 aliphatic rings. The van der Waals surface area contributed by atoms with Crippen molar-refractivity contribution in [1.82, 2.24) is 63.1 Å². The van der Waals surface area contributed by atoms with E-state index in [2.05, 4.69) is 63.1 Å². The van der Waals surface area contributed by atoms with Crippen LogP contribution in [0.3, 0.4) is 0 Å². The van der Waals surface area contributed by atoms with Crippen LogP contribution in [0.1, 0.15) is 131 Å². The summed E-state index contributed by atoms with van der Waals surface area (Å²) in [7, 11) is 0. The van der Waals surface area contributed by atoms with Crippen molar-refractivity contribution < 1.29 is 82.8 Å². The number of nitrogens with two attached hydrogens (primary N) is 1. The Kier molecular flexibility index (Phi) is 29.8. The zero-order valence-corrected chi connectivity index (χ0v) is 50.4. The monoisotopic (exact) mass is 1230 g/mol. The van der Waals surface area contributed by atoms with Gasteiger partial charge in [0, 0.05) is 37.6 Å². The van der Waals surface area contributed by atoms with Gasteiger partial charge in [-0.25, -0.2) is 9.78 Å². The Morgan fingerprint density at radius 1 is 0.540 bits per heavy atom. The lowest BCUT2D eigenvalue weighted by atomic mass is 9.98. The van der Waals surface area contributed by atoms with Crippen molar-refractivity contribution in [2.24, 2.45) is 29.4 Å². The van der Waals surface area contributed by atoms with Crippen LogP contribution in [-0.4, -0.2) is 174 Å². The number of hydrogen-bond donors (Lipinski definition) is 16. The molecule has 30 heteroatoms. The number of nitrogens with one attached hydrogen (secondary N) is 11. The van der Waals surface area contributed by atoms with Crippen LogP contribution in [0.15, 0.2) is 36.8 Å². The summed E-state index contributed by atoms with van der Waals surface area (Å²) in [5, 5.41) is 65.0. The fourth-order valence-electron chi connectivity index (χ4n) is 9.34. The highest BCUT2D eigenvalue weighted by Gasteiger charge is 2.38. The molecule has 87 heavy (non-hydrogen) atoms. The van der Waals surface area contributed by atoms with E-state index in [1.165, 1.54) is 50.6 Å². The summed E-state index contributed by atoms with van der Waals surface area (Å²) >= 11 is 0. The van der Waals surface area contributed by atoms with Gasteiger partial charge in [0.05, 0.1) is 18.8 Å². The number of carboxylic acid groups (broad SMARTS) is 3. The lowest BCUT2D eigenvalue weighted by Gasteiger charge is -2.30. The molecule has 0 radical (unpaired) electrons. The molecule has 482 valence electrons. The molecular formula is C57H87N13O17. The number of phenolic OH excluding ortho intramolecular Hbond substituents is 1. The van der Waals surface area contributed by atoms with Gasteiger partial charge in [-0.1, -0.05) is 67.5 Å². The topological polar surface area (TPSA) is 478 Å². The number of hydrogen-bond acceptors (Lipinski definition) is 16. The first-order valence-electron chi connectivity index (χ1n) is 29.0. The minimum absolute atomic E-state index is 0.00621. The highest BCUT2D eigenvalue weighted by atomic mass is 16.4. The highest BCUT2D eigenvalue weighted by molar-refractivity contribution is 5.99. The van der Waals surface area contributed by atoms with Crippen molar-refractivity contribution in [2.75, 3.05) is 6.54 Å². The summed E-state index contributed by atoms with van der Waals surface area (Å²) in [5.41, 5.74) is 5.93. The molecular weight excluding hydrogens is 1140 g/mol. The third kappa shape index (κ3) is 26.2. The minimum Gasteiger partial charge on any atom is -0.508 e. The zero-order valence-electron chi connectivity index (χ0n) is 50.4. The van der Waals surface area contributed by atoms with Gasteiger partial charge in [0.1, 0.15) is 60.1 Å². The molecule has 1 aromatic carbocycles. The summed E-state index contributed by atoms with van der Waals surface area (Å²) in [4.78, 5) is 180. The van der Waals surface area contributed by atoms with Crippen LogP contribution in [0.5, 0.6) is 5.75 Å². The number of rotatable bonds is 38. The van der Waals surface area contributed by atoms with Crippen molar-refractivity contribution in [1.29, 1.82) is 0 Å². The van der Waals surface area contributed by atoms with Crippen LogP contribution >= 0.6 is 0 Å². The van der Waals surface area contributed by atoms with E-state index in [4.69, 9.17) is 5.73 Å². The minimum atomic E-state index is -1.92. The van der Waals surface area contributed by atoms with Crippen molar-refractivity contribution in [2.45, 2.75) is 193 Å². The van der Waals surface area contributed by atoms with Crippen LogP contribution in [-0.2, 0) is 75.2 Å². The molecule has 10 atom stereocenters. The fourth-order valence-corrected chi connectivity index (χ4v) is 9.34. The van der Waals surface area contributed by atoms with Gasteiger partial charge in [-0.2, -0.15) is 0 Å². The SMILES string of the molecule is CC(C)C[C@H](NC(=O)[C@H](Cc1ccc(O)cc1)NC(=O)[C@H](CC(=O)O)NC(=O)[C@@H](NC(=O)[C@H](CC(C)C)NC(=O)[C@H](CC(C)C)NC(=O)[C@H](Cc1cnc[nH]1)NC(=O)[C@H](CCC(=O)O)NC(=O)[C@@H]1CCCN1)C(C)C)C(=O)N[C@@H](CCC(N)=O)C(=O)O. The van der Waals surface area contributed by atoms with E-state index in [0.717, 1.165) is 0 Å². The average Bonchev–Trinajstić information content (AvgIpc) is 3.34. The summed E-state index contributed by atoms with van der Waals surface area (Å²) in [5.74, 6) is -15.0. The molecule has 1 aliphatic heterocycles. The van der Waals surface area contributed by atoms with Crippen molar-refractivity contribution >= 4 is 77.0 Å². The quantitative estimate of drug-likeness (QED) is 0.0364. The molecule has 2 aromatic rings.